The lowest BCUT2D eigenvalue weighted by Crippen LogP contribution is -2.17. The van der Waals surface area contributed by atoms with Crippen molar-refractivity contribution < 1.29 is 9.15 Å². The van der Waals surface area contributed by atoms with E-state index in [0.717, 1.165) is 26.0 Å². The Labute approximate surface area is 129 Å². The van der Waals surface area contributed by atoms with Gasteiger partial charge in [-0.05, 0) is 42.9 Å². The van der Waals surface area contributed by atoms with Crippen molar-refractivity contribution in [1.82, 2.24) is 5.32 Å². The lowest BCUT2D eigenvalue weighted by atomic mass is 10.1. The molecule has 0 bridgehead atoms. The van der Waals surface area contributed by atoms with Crippen LogP contribution in [-0.2, 0) is 11.3 Å². The van der Waals surface area contributed by atoms with Crippen LogP contribution in [0.15, 0.2) is 43.7 Å². The fraction of sp³-hybridized carbons (Fsp3) is 0.286. The maximum absolute atomic E-state index is 5.79. The minimum Gasteiger partial charge on any atom is -0.462 e. The first kappa shape index (κ1) is 14.8. The molecular formula is C14H15Br2NO2. The molecule has 5 heteroatoms. The first-order valence-corrected chi connectivity index (χ1v) is 7.43. The van der Waals surface area contributed by atoms with E-state index in [4.69, 9.17) is 9.15 Å². The van der Waals surface area contributed by atoms with E-state index in [1.807, 2.05) is 25.2 Å². The highest BCUT2D eigenvalue weighted by atomic mass is 79.9. The van der Waals surface area contributed by atoms with E-state index in [-0.39, 0.29) is 6.04 Å². The zero-order valence-corrected chi connectivity index (χ0v) is 13.9. The van der Waals surface area contributed by atoms with Gasteiger partial charge in [0.1, 0.15) is 18.1 Å². The minimum absolute atomic E-state index is 0.0133. The number of halogens is 2. The van der Waals surface area contributed by atoms with Gasteiger partial charge in [-0.25, -0.2) is 0 Å². The first-order chi connectivity index (χ1) is 9.13. The Morgan fingerprint density at radius 3 is 2.47 bits per heavy atom. The van der Waals surface area contributed by atoms with Gasteiger partial charge in [0.05, 0.1) is 6.04 Å². The molecule has 3 nitrogen and oxygen atoms in total. The van der Waals surface area contributed by atoms with E-state index in [1.165, 1.54) is 0 Å². The molecule has 1 heterocycles. The van der Waals surface area contributed by atoms with E-state index in [9.17, 15) is 0 Å². The summed E-state index contributed by atoms with van der Waals surface area (Å²) in [4.78, 5) is 0. The van der Waals surface area contributed by atoms with Crippen molar-refractivity contribution in [3.05, 3.63) is 56.4 Å². The topological polar surface area (TPSA) is 34.4 Å². The Balaban J connectivity index is 2.32. The fourth-order valence-electron chi connectivity index (χ4n) is 1.98. The van der Waals surface area contributed by atoms with Crippen LogP contribution in [0.1, 0.15) is 23.1 Å². The maximum Gasteiger partial charge on any atom is 0.129 e. The second-order valence-corrected chi connectivity index (χ2v) is 5.99. The van der Waals surface area contributed by atoms with Crippen LogP contribution >= 0.6 is 31.9 Å². The summed E-state index contributed by atoms with van der Waals surface area (Å²) >= 11 is 7.01. The van der Waals surface area contributed by atoms with Crippen LogP contribution in [0.3, 0.4) is 0 Å². The third kappa shape index (κ3) is 3.69. The van der Waals surface area contributed by atoms with Gasteiger partial charge in [0.25, 0.3) is 0 Å². The molecule has 0 fully saturated rings. The van der Waals surface area contributed by atoms with Crippen LogP contribution in [0.25, 0.3) is 0 Å². The summed E-state index contributed by atoms with van der Waals surface area (Å²) < 4.78 is 12.9. The summed E-state index contributed by atoms with van der Waals surface area (Å²) in [5.74, 6) is 1.70. The van der Waals surface area contributed by atoms with E-state index in [2.05, 4.69) is 49.3 Å². The highest BCUT2D eigenvalue weighted by molar-refractivity contribution is 9.11. The van der Waals surface area contributed by atoms with E-state index in [1.54, 1.807) is 7.11 Å². The smallest absolute Gasteiger partial charge is 0.129 e. The Bertz CT molecular complexity index is 534. The highest BCUT2D eigenvalue weighted by Gasteiger charge is 2.17. The monoisotopic (exact) mass is 387 g/mol. The van der Waals surface area contributed by atoms with Crippen LogP contribution in [0.4, 0.5) is 0 Å². The fourth-order valence-corrected chi connectivity index (χ4v) is 3.31. The average Bonchev–Trinajstić information content (AvgIpc) is 2.78. The van der Waals surface area contributed by atoms with Crippen molar-refractivity contribution in [2.45, 2.75) is 12.6 Å². The van der Waals surface area contributed by atoms with Gasteiger partial charge in [0.2, 0.25) is 0 Å². The summed E-state index contributed by atoms with van der Waals surface area (Å²) in [6.07, 6.45) is 0. The molecule has 0 aliphatic rings. The molecule has 1 N–H and O–H groups in total. The van der Waals surface area contributed by atoms with Crippen LogP contribution in [0.5, 0.6) is 0 Å². The number of hydrogen-bond donors (Lipinski definition) is 1. The summed E-state index contributed by atoms with van der Waals surface area (Å²) in [5, 5.41) is 3.27. The highest BCUT2D eigenvalue weighted by Crippen LogP contribution is 2.29. The molecule has 0 saturated carbocycles. The number of nitrogens with one attached hydrogen (secondary N) is 1. The molecule has 0 spiro atoms. The maximum atomic E-state index is 5.79. The lowest BCUT2D eigenvalue weighted by molar-refractivity contribution is 0.162. The van der Waals surface area contributed by atoms with Crippen molar-refractivity contribution in [1.29, 1.82) is 0 Å². The predicted molar refractivity (Wildman–Crippen MR) is 82.2 cm³/mol. The van der Waals surface area contributed by atoms with Gasteiger partial charge < -0.3 is 14.5 Å². The largest absolute Gasteiger partial charge is 0.462 e. The molecule has 0 saturated heterocycles. The molecule has 0 aliphatic carbocycles. The molecular weight excluding hydrogens is 374 g/mol. The van der Waals surface area contributed by atoms with Crippen molar-refractivity contribution in [3.8, 4) is 0 Å². The first-order valence-electron chi connectivity index (χ1n) is 5.85. The van der Waals surface area contributed by atoms with E-state index >= 15 is 0 Å². The summed E-state index contributed by atoms with van der Waals surface area (Å²) in [6, 6.07) is 10.1. The Hall–Kier alpha value is -0.620. The number of benzene rings is 1. The lowest BCUT2D eigenvalue weighted by Gasteiger charge is -2.15. The molecule has 19 heavy (non-hydrogen) atoms. The second-order valence-electron chi connectivity index (χ2n) is 4.16. The molecule has 0 aliphatic heterocycles. The quantitative estimate of drug-likeness (QED) is 0.830. The van der Waals surface area contributed by atoms with Crippen molar-refractivity contribution in [2.75, 3.05) is 14.2 Å². The van der Waals surface area contributed by atoms with Crippen LogP contribution in [0, 0.1) is 0 Å². The summed E-state index contributed by atoms with van der Waals surface area (Å²) in [7, 11) is 3.57. The van der Waals surface area contributed by atoms with Gasteiger partial charge in [0, 0.05) is 16.1 Å². The molecule has 2 rings (SSSR count). The molecule has 0 amide bonds. The third-order valence-electron chi connectivity index (χ3n) is 2.76. The molecule has 1 aromatic heterocycles. The van der Waals surface area contributed by atoms with Crippen molar-refractivity contribution in [3.63, 3.8) is 0 Å². The summed E-state index contributed by atoms with van der Waals surface area (Å²) in [6.45, 7) is 0.485. The zero-order chi connectivity index (χ0) is 13.8. The number of rotatable bonds is 5. The Kier molecular flexibility index (Phi) is 5.21. The average molecular weight is 389 g/mol. The predicted octanol–water partition coefficient (Wildman–Crippen LogP) is 4.26. The standard InChI is InChI=1S/C14H15Br2NO2/c1-17-14(9-5-10(15)7-11(16)6-9)13-4-3-12(19-13)8-18-2/h3-7,14,17H,8H2,1-2H3. The minimum atomic E-state index is 0.0133. The summed E-state index contributed by atoms with van der Waals surface area (Å²) in [5.41, 5.74) is 1.13. The molecule has 1 aromatic carbocycles. The third-order valence-corrected chi connectivity index (χ3v) is 3.68. The van der Waals surface area contributed by atoms with Gasteiger partial charge >= 0.3 is 0 Å². The van der Waals surface area contributed by atoms with E-state index < -0.39 is 0 Å². The molecule has 1 unspecified atom stereocenters. The van der Waals surface area contributed by atoms with Crippen LogP contribution in [0.2, 0.25) is 0 Å². The van der Waals surface area contributed by atoms with Gasteiger partial charge in [-0.3, -0.25) is 0 Å². The molecule has 1 atom stereocenters. The van der Waals surface area contributed by atoms with Gasteiger partial charge in [0.15, 0.2) is 0 Å². The molecule has 102 valence electrons. The van der Waals surface area contributed by atoms with Gasteiger partial charge in [-0.1, -0.05) is 31.9 Å². The second kappa shape index (κ2) is 6.70. The number of methoxy groups -OCH3 is 1. The number of furan rings is 1. The van der Waals surface area contributed by atoms with Crippen LogP contribution < -0.4 is 5.32 Å². The number of ether oxygens (including phenoxy) is 1. The van der Waals surface area contributed by atoms with Crippen molar-refractivity contribution >= 4 is 31.9 Å². The molecule has 2 aromatic rings. The van der Waals surface area contributed by atoms with E-state index in [0.29, 0.717) is 6.61 Å². The molecule has 0 radical (unpaired) electrons. The van der Waals surface area contributed by atoms with Crippen molar-refractivity contribution in [2.24, 2.45) is 0 Å². The number of hydrogen-bond acceptors (Lipinski definition) is 3. The zero-order valence-electron chi connectivity index (χ0n) is 10.7. The Morgan fingerprint density at radius 2 is 1.89 bits per heavy atom. The Morgan fingerprint density at radius 1 is 1.21 bits per heavy atom. The van der Waals surface area contributed by atoms with Crippen LogP contribution in [-0.4, -0.2) is 14.2 Å². The van der Waals surface area contributed by atoms with Gasteiger partial charge in [-0.15, -0.1) is 0 Å². The van der Waals surface area contributed by atoms with Gasteiger partial charge in [-0.2, -0.15) is 0 Å². The normalized spacial score (nSPS) is 12.6. The SMILES string of the molecule is CNC(c1cc(Br)cc(Br)c1)c1ccc(COC)o1.